The quantitative estimate of drug-likeness (QED) is 0.0157. The van der Waals surface area contributed by atoms with E-state index in [0.717, 1.165) is 77.0 Å². The van der Waals surface area contributed by atoms with Gasteiger partial charge in [0.05, 0.1) is 95.0 Å². The molecule has 0 saturated carbocycles. The van der Waals surface area contributed by atoms with Crippen LogP contribution < -0.4 is 20.5 Å². The highest BCUT2D eigenvalue weighted by Crippen LogP contribution is 2.43. The molecule has 11 rings (SSSR count). The lowest BCUT2D eigenvalue weighted by Crippen LogP contribution is -2.45. The first kappa shape index (κ1) is 110. The van der Waals surface area contributed by atoms with Crippen LogP contribution in [0.15, 0.2) is 124 Å². The van der Waals surface area contributed by atoms with Crippen LogP contribution in [0.5, 0.6) is 0 Å². The Morgan fingerprint density at radius 1 is 0.462 bits per heavy atom. The Balaban J connectivity index is 0.000000359. The van der Waals surface area contributed by atoms with Gasteiger partial charge in [0.2, 0.25) is 26.0 Å². The monoisotopic (exact) mass is 1990 g/mol. The summed E-state index contributed by atoms with van der Waals surface area (Å²) in [6.07, 6.45) is 0.515. The number of nitrogens with two attached hydrogens (primary N) is 1. The number of ketones is 1. The zero-order valence-corrected chi connectivity index (χ0v) is 79.2. The van der Waals surface area contributed by atoms with Crippen LogP contribution in [0.3, 0.4) is 0 Å². The minimum absolute atomic E-state index is 0. The van der Waals surface area contributed by atoms with Crippen molar-refractivity contribution in [2.75, 3.05) is 159 Å². The van der Waals surface area contributed by atoms with Gasteiger partial charge in [0.1, 0.15) is 11.2 Å². The average molecular weight is 1990 g/mol. The van der Waals surface area contributed by atoms with Gasteiger partial charge in [-0.25, -0.2) is 44.3 Å². The summed E-state index contributed by atoms with van der Waals surface area (Å²) in [6, 6.07) is 31.9. The van der Waals surface area contributed by atoms with Gasteiger partial charge in [0, 0.05) is 159 Å². The average Bonchev–Trinajstić information content (AvgIpc) is 0.951. The van der Waals surface area contributed by atoms with Gasteiger partial charge in [0.15, 0.2) is 15.3 Å². The first-order valence-electron chi connectivity index (χ1n) is 41.9. The summed E-state index contributed by atoms with van der Waals surface area (Å²) < 4.78 is 132. The van der Waals surface area contributed by atoms with E-state index in [9.17, 15) is 68.0 Å². The maximum absolute atomic E-state index is 13.3. The van der Waals surface area contributed by atoms with Gasteiger partial charge in [-0.1, -0.05) is 121 Å². The number of sulfonamides is 2. The molecule has 5 aliphatic heterocycles. The minimum atomic E-state index is -3.81. The third-order valence-corrected chi connectivity index (χ3v) is 27.6. The molecule has 0 aromatic heterocycles. The summed E-state index contributed by atoms with van der Waals surface area (Å²) >= 11 is 38.4. The van der Waals surface area contributed by atoms with Crippen molar-refractivity contribution in [2.45, 2.75) is 140 Å². The molecule has 2 saturated heterocycles. The molecule has 5 N–H and O–H groups in total. The molecule has 41 heteroatoms. The lowest BCUT2D eigenvalue weighted by Gasteiger charge is -2.33. The van der Waals surface area contributed by atoms with Crippen LogP contribution >= 0.6 is 69.6 Å². The molecule has 6 aromatic carbocycles. The van der Waals surface area contributed by atoms with E-state index in [2.05, 4.69) is 39.1 Å². The predicted molar refractivity (Wildman–Crippen MR) is 494 cm³/mol. The van der Waals surface area contributed by atoms with Crippen molar-refractivity contribution in [3.63, 3.8) is 0 Å². The van der Waals surface area contributed by atoms with Crippen LogP contribution in [0.2, 0.25) is 30.1 Å². The van der Waals surface area contributed by atoms with Gasteiger partial charge in [-0.3, -0.25) is 33.2 Å². The Morgan fingerprint density at radius 3 is 1.15 bits per heavy atom. The molecule has 0 spiro atoms. The van der Waals surface area contributed by atoms with Crippen LogP contribution in [0.4, 0.5) is 4.39 Å². The number of amides is 5. The van der Waals surface area contributed by atoms with Crippen LogP contribution in [0.1, 0.15) is 157 Å². The van der Waals surface area contributed by atoms with Crippen LogP contribution in [-0.2, 0) is 126 Å². The highest BCUT2D eigenvalue weighted by Gasteiger charge is 2.47. The van der Waals surface area contributed by atoms with Crippen LogP contribution in [-0.4, -0.2) is 256 Å². The van der Waals surface area contributed by atoms with Gasteiger partial charge >= 0.3 is 11.9 Å². The number of nitrogens with zero attached hydrogens (tertiary/aromatic N) is 5. The molecule has 5 heterocycles. The Bertz CT molecular complexity index is 5020. The number of halogens is 7. The number of likely N-dealkylation sites (N-methyl/N-ethyl adjacent to an activating group) is 3. The van der Waals surface area contributed by atoms with E-state index in [0.29, 0.717) is 106 Å². The summed E-state index contributed by atoms with van der Waals surface area (Å²) in [6.45, 7) is 13.9. The topological polar surface area (TPSA) is 391 Å². The van der Waals surface area contributed by atoms with E-state index in [1.54, 1.807) is 86.6 Å². The number of fused-ring (bicyclic) bond motifs is 3. The molecular weight excluding hydrogens is 1870 g/mol. The number of rotatable bonds is 42. The second-order valence-electron chi connectivity index (χ2n) is 31.7. The van der Waals surface area contributed by atoms with Crippen molar-refractivity contribution in [1.29, 1.82) is 0 Å². The number of Topliss-reactive ketones (excluding diaryl/α,β-unsaturated/α-hetero) is 1. The molecule has 0 bridgehead atoms. The number of imide groups is 2. The normalized spacial score (nSPS) is 16.7. The van der Waals surface area contributed by atoms with Crippen molar-refractivity contribution in [2.24, 2.45) is 16.6 Å². The number of sulfone groups is 1. The number of hydrogen-bond acceptors (Lipinski definition) is 26. The van der Waals surface area contributed by atoms with E-state index < -0.39 is 89.3 Å². The van der Waals surface area contributed by atoms with Crippen molar-refractivity contribution >= 4 is 147 Å². The summed E-state index contributed by atoms with van der Waals surface area (Å²) in [5.41, 5.74) is 10.8. The third kappa shape index (κ3) is 31.7. The molecule has 6 aromatic rings. The molecule has 5 aliphatic rings. The van der Waals surface area contributed by atoms with E-state index in [1.807, 2.05) is 57.5 Å². The molecule has 3 unspecified atom stereocenters. The smallest absolute Gasteiger partial charge is 0.349 e. The molecule has 2 fully saturated rings. The molecular formula is C89H118Cl6FN9O22S3. The van der Waals surface area contributed by atoms with Crippen molar-refractivity contribution in [3.8, 4) is 0 Å². The Kier molecular flexibility index (Phi) is 44.4. The summed E-state index contributed by atoms with van der Waals surface area (Å²) in [5.74, 6) is -6.14. The second kappa shape index (κ2) is 52.6. The highest BCUT2D eigenvalue weighted by molar-refractivity contribution is 7.91. The minimum Gasteiger partial charge on any atom is -0.379 e. The fourth-order valence-corrected chi connectivity index (χ4v) is 19.5. The largest absolute Gasteiger partial charge is 0.379 e. The number of alkyl halides is 1. The van der Waals surface area contributed by atoms with E-state index in [4.69, 9.17) is 105 Å². The van der Waals surface area contributed by atoms with Gasteiger partial charge in [-0.2, -0.15) is 0 Å². The standard InChI is InChI=1S/C51H64Cl4N4O10S2.C22H29Cl2N3O4S.C13H14N2O8.CH3F.2CH4/c1-51(2,49(60)13-7-16-66-20-23-69-19-15-57-71(64,65)40-12-6-10-36(26-40)44-32-59(4)34-46-42(44)28-38(53)30-48(46)55)50(61)56-14-18-68-22-21-67-17-8-24-70(62,63)39-11-5-9-35(25-39)43-31-58(3)33-45-41(43)27-37(52)29-47(45)54;1-27-14-20(19-12-17(23)13-22(24)21(19)15-27)16-3-2-4-18(11-16)32(28,29)26-6-8-31-10-9-30-7-5-25;1-13(2,11(20)22-14-7(16)3-4-8(14)17)12(21)23-15-9(18)5-6-10(15)19;1-2;;/h5-6,9-12,25-30,43-44,57H,7-8,13-24,31-34H2,1-4H3,(H,56,61);2-4,11-13,20,26H,5-10,14-15,25H2,1H3;3-6H2,1-2H3;1H3;2*1H4/i;;;1D;;. The summed E-state index contributed by atoms with van der Waals surface area (Å²) in [7, 11) is -6.03. The Hall–Kier alpha value is -7.28. The maximum atomic E-state index is 13.3. The third-order valence-electron chi connectivity index (χ3n) is 21.3. The van der Waals surface area contributed by atoms with Gasteiger partial charge in [-0.05, 0) is 185 Å². The fraction of sp³-hybridized carbons (Fsp3) is 0.506. The zero-order chi connectivity index (χ0) is 94.6. The van der Waals surface area contributed by atoms with Crippen LogP contribution in [0.25, 0.3) is 0 Å². The van der Waals surface area contributed by atoms with Crippen molar-refractivity contribution < 1.29 is 107 Å². The molecule has 130 heavy (non-hydrogen) atoms. The first-order chi connectivity index (χ1) is 61.1. The van der Waals surface area contributed by atoms with Gasteiger partial charge in [0.25, 0.3) is 23.6 Å². The summed E-state index contributed by atoms with van der Waals surface area (Å²) in [5, 5.41) is 6.82. The Morgan fingerprint density at radius 2 is 0.785 bits per heavy atom. The number of ether oxygens (including phenoxy) is 6. The Labute approximate surface area is 792 Å². The number of nitrogens with one attached hydrogen (secondary N) is 3. The molecule has 0 aliphatic carbocycles. The number of hydroxylamine groups is 4. The van der Waals surface area contributed by atoms with Crippen molar-refractivity contribution in [1.82, 2.24) is 39.6 Å². The van der Waals surface area contributed by atoms with E-state index in [1.165, 1.54) is 0 Å². The fourth-order valence-electron chi connectivity index (χ4n) is 14.3. The molecule has 3 atom stereocenters. The molecule has 5 amide bonds. The number of hydrogen-bond donors (Lipinski definition) is 4. The maximum Gasteiger partial charge on any atom is 0.349 e. The van der Waals surface area contributed by atoms with Gasteiger partial charge in [-0.15, -0.1) is 10.1 Å². The molecule has 0 radical (unpaired) electrons. The lowest BCUT2D eigenvalue weighted by molar-refractivity contribution is -0.217. The van der Waals surface area contributed by atoms with E-state index in [-0.39, 0.29) is 170 Å². The lowest BCUT2D eigenvalue weighted by atomic mass is 9.84. The van der Waals surface area contributed by atoms with E-state index >= 15 is 0 Å². The van der Waals surface area contributed by atoms with Gasteiger partial charge < -0.3 is 63.8 Å². The van der Waals surface area contributed by atoms with Crippen LogP contribution in [0, 0.1) is 10.8 Å². The number of carbonyl (C=O) groups is 8. The summed E-state index contributed by atoms with van der Waals surface area (Å²) in [4.78, 5) is 112. The zero-order valence-electron chi connectivity index (χ0n) is 73.2. The predicted octanol–water partition coefficient (Wildman–Crippen LogP) is 12.1. The highest BCUT2D eigenvalue weighted by atomic mass is 35.5. The number of benzene rings is 6. The van der Waals surface area contributed by atoms with Crippen molar-refractivity contribution in [3.05, 3.63) is 189 Å². The second-order valence-corrected chi connectivity index (χ2v) is 39.9. The molecule has 718 valence electrons. The molecule has 31 nitrogen and oxygen atoms in total. The SMILES string of the molecule is C.C.CC(C)(C(=O)ON1C(=O)CCC1=O)C(=O)ON1C(=O)CCC1=O.CN1Cc2c(Cl)cc(Cl)cc2C(c2cccc(S(=O)(=O)CCCOCCOCCNC(=O)C(C)(C)C(=O)CCCOCCOCCNS(=O)(=O)c3cccc(C4CN(C)Cc5c(Cl)cc(Cl)cc54)c3)c2)C1.CN1Cc2c(Cl)cc(Cl)cc2C(c2cccc(S(=O)(=O)NCCOCCOCCN)c2)C1.[2H]CF. The first-order valence-corrected chi connectivity index (χ1v) is 48.0. The number of carbonyl (C=O) groups excluding carboxylic acids is 8.